The van der Waals surface area contributed by atoms with Crippen LogP contribution in [0.1, 0.15) is 82.9 Å². The Bertz CT molecular complexity index is 676. The van der Waals surface area contributed by atoms with Crippen molar-refractivity contribution in [2.75, 3.05) is 0 Å². The number of hydrogen-bond donors (Lipinski definition) is 1. The molecule has 1 aromatic rings. The van der Waals surface area contributed by atoms with Crippen molar-refractivity contribution in [3.8, 4) is 0 Å². The molecule has 0 aromatic carbocycles. The van der Waals surface area contributed by atoms with E-state index in [-0.39, 0.29) is 11.0 Å². The molecule has 0 radical (unpaired) electrons. The van der Waals surface area contributed by atoms with Crippen LogP contribution in [-0.4, -0.2) is 32.2 Å². The fraction of sp³-hybridized carbons (Fsp3) is 0.900. The van der Waals surface area contributed by atoms with Crippen LogP contribution in [0.5, 0.6) is 0 Å². The first-order valence-electron chi connectivity index (χ1n) is 10.7. The molecule has 0 spiro atoms. The highest BCUT2D eigenvalue weighted by molar-refractivity contribution is 5.83. The average molecular weight is 358 g/mol. The van der Waals surface area contributed by atoms with E-state index in [1.165, 1.54) is 32.1 Å². The first-order valence-corrected chi connectivity index (χ1v) is 10.7. The topological polar surface area (TPSA) is 72.7 Å². The number of rotatable bonds is 3. The molecule has 5 aliphatic carbocycles. The van der Waals surface area contributed by atoms with E-state index >= 15 is 0 Å². The summed E-state index contributed by atoms with van der Waals surface area (Å²) in [6, 6.07) is 0.390. The van der Waals surface area contributed by atoms with E-state index in [0.29, 0.717) is 23.8 Å². The Morgan fingerprint density at radius 3 is 2.38 bits per heavy atom. The van der Waals surface area contributed by atoms with Gasteiger partial charge < -0.3 is 5.32 Å². The van der Waals surface area contributed by atoms with E-state index < -0.39 is 0 Å². The molecule has 1 amide bonds. The minimum absolute atomic E-state index is 0.0772. The predicted octanol–water partition coefficient (Wildman–Crippen LogP) is 3.12. The van der Waals surface area contributed by atoms with Crippen LogP contribution in [0.3, 0.4) is 0 Å². The number of nitrogens with zero attached hydrogens (tertiary/aromatic N) is 4. The van der Waals surface area contributed by atoms with E-state index in [4.69, 9.17) is 0 Å². The van der Waals surface area contributed by atoms with Gasteiger partial charge in [0.25, 0.3) is 0 Å². The highest BCUT2D eigenvalue weighted by atomic mass is 16.2. The second-order valence-corrected chi connectivity index (χ2v) is 9.75. The van der Waals surface area contributed by atoms with Gasteiger partial charge in [0, 0.05) is 6.04 Å². The molecule has 5 fully saturated rings. The van der Waals surface area contributed by atoms with E-state index in [1.807, 2.05) is 11.7 Å². The molecule has 5 saturated carbocycles. The molecule has 4 bridgehead atoms. The third kappa shape index (κ3) is 2.67. The van der Waals surface area contributed by atoms with E-state index in [2.05, 4.69) is 20.7 Å². The number of hydrogen-bond acceptors (Lipinski definition) is 4. The molecule has 6 rings (SSSR count). The summed E-state index contributed by atoms with van der Waals surface area (Å²) in [5, 5.41) is 16.6. The van der Waals surface area contributed by atoms with Crippen LogP contribution in [0.4, 0.5) is 0 Å². The van der Waals surface area contributed by atoms with Crippen LogP contribution >= 0.6 is 0 Å². The van der Waals surface area contributed by atoms with Crippen molar-refractivity contribution >= 4 is 5.91 Å². The highest BCUT2D eigenvalue weighted by Gasteiger charge is 2.62. The van der Waals surface area contributed by atoms with Gasteiger partial charge in [0.2, 0.25) is 5.91 Å². The second-order valence-electron chi connectivity index (χ2n) is 9.75. The van der Waals surface area contributed by atoms with Gasteiger partial charge in [-0.05, 0) is 75.3 Å². The maximum atomic E-state index is 13.5. The smallest absolute Gasteiger partial charge is 0.226 e. The molecule has 5 aliphatic rings. The third-order valence-electron chi connectivity index (χ3n) is 7.64. The van der Waals surface area contributed by atoms with Crippen LogP contribution in [0.15, 0.2) is 0 Å². The van der Waals surface area contributed by atoms with Crippen LogP contribution in [0.25, 0.3) is 0 Å². The van der Waals surface area contributed by atoms with Gasteiger partial charge in [-0.3, -0.25) is 4.79 Å². The highest BCUT2D eigenvalue weighted by Crippen LogP contribution is 2.64. The van der Waals surface area contributed by atoms with Gasteiger partial charge >= 0.3 is 0 Å². The fourth-order valence-electron chi connectivity index (χ4n) is 6.96. The van der Waals surface area contributed by atoms with Crippen LogP contribution < -0.4 is 5.32 Å². The number of carbonyl (C=O) groups excluding carboxylic acids is 1. The molecule has 142 valence electrons. The Morgan fingerprint density at radius 1 is 1.08 bits per heavy atom. The van der Waals surface area contributed by atoms with Crippen molar-refractivity contribution in [3.05, 3.63) is 5.82 Å². The fourth-order valence-corrected chi connectivity index (χ4v) is 6.96. The molecule has 1 N–H and O–H groups in total. The summed E-state index contributed by atoms with van der Waals surface area (Å²) < 4.78 is 0. The normalized spacial score (nSPS) is 39.7. The number of aromatic nitrogens is 4. The molecule has 26 heavy (non-hydrogen) atoms. The molecular weight excluding hydrogens is 326 g/mol. The van der Waals surface area contributed by atoms with Crippen molar-refractivity contribution in [1.29, 1.82) is 0 Å². The summed E-state index contributed by atoms with van der Waals surface area (Å²) in [6.07, 6.45) is 14.0. The SMILES string of the molecule is Cc1nnn(C23C[C@H]4C[C@@H](CC(C(=O)NC5CCCCCC5)(C4)C2)C3)n1. The molecule has 6 heteroatoms. The minimum Gasteiger partial charge on any atom is -0.353 e. The Kier molecular flexibility index (Phi) is 3.87. The van der Waals surface area contributed by atoms with Gasteiger partial charge in [0.15, 0.2) is 5.82 Å². The van der Waals surface area contributed by atoms with Crippen molar-refractivity contribution in [2.45, 2.75) is 95.6 Å². The minimum atomic E-state index is -0.197. The lowest BCUT2D eigenvalue weighted by Crippen LogP contribution is -2.62. The van der Waals surface area contributed by atoms with E-state index in [9.17, 15) is 4.79 Å². The molecule has 0 aliphatic heterocycles. The van der Waals surface area contributed by atoms with Gasteiger partial charge in [0.05, 0.1) is 11.0 Å². The summed E-state index contributed by atoms with van der Waals surface area (Å²) in [6.45, 7) is 1.90. The number of carbonyl (C=O) groups is 1. The quantitative estimate of drug-likeness (QED) is 0.844. The standard InChI is InChI=1S/C20H31N5O/c1-14-22-24-25(23-14)20-11-15-8-16(12-20)10-19(9-15,13-20)18(26)21-17-6-4-2-3-5-7-17/h15-17H,2-13H2,1H3,(H,21,26)/t15-,16-,19?,20?/m0/s1. The first kappa shape index (κ1) is 16.7. The summed E-state index contributed by atoms with van der Waals surface area (Å²) in [5.41, 5.74) is -0.274. The Balaban J connectivity index is 1.40. The van der Waals surface area contributed by atoms with Gasteiger partial charge in [-0.15, -0.1) is 10.2 Å². The zero-order valence-corrected chi connectivity index (χ0v) is 15.9. The molecule has 6 nitrogen and oxygen atoms in total. The molecular formula is C20H31N5O. The maximum absolute atomic E-state index is 13.5. The van der Waals surface area contributed by atoms with E-state index in [0.717, 1.165) is 50.8 Å². The maximum Gasteiger partial charge on any atom is 0.226 e. The largest absolute Gasteiger partial charge is 0.353 e. The predicted molar refractivity (Wildman–Crippen MR) is 97.3 cm³/mol. The Hall–Kier alpha value is -1.46. The number of amides is 1. The molecule has 0 unspecified atom stereocenters. The van der Waals surface area contributed by atoms with Crippen LogP contribution in [-0.2, 0) is 10.3 Å². The lowest BCUT2D eigenvalue weighted by Gasteiger charge is -2.60. The average Bonchev–Trinajstić information content (AvgIpc) is 2.88. The van der Waals surface area contributed by atoms with Gasteiger partial charge in [-0.2, -0.15) is 4.80 Å². The lowest BCUT2D eigenvalue weighted by molar-refractivity contribution is -0.158. The molecule has 1 heterocycles. The number of nitrogens with one attached hydrogen (secondary N) is 1. The lowest BCUT2D eigenvalue weighted by atomic mass is 9.46. The van der Waals surface area contributed by atoms with Crippen molar-refractivity contribution in [1.82, 2.24) is 25.5 Å². The number of tetrazole rings is 1. The Labute approximate surface area is 155 Å². The summed E-state index contributed by atoms with van der Waals surface area (Å²) >= 11 is 0. The van der Waals surface area contributed by atoms with Gasteiger partial charge in [-0.25, -0.2) is 0 Å². The summed E-state index contributed by atoms with van der Waals surface area (Å²) in [4.78, 5) is 15.4. The van der Waals surface area contributed by atoms with E-state index in [1.54, 1.807) is 0 Å². The third-order valence-corrected chi connectivity index (χ3v) is 7.64. The zero-order valence-electron chi connectivity index (χ0n) is 15.9. The Morgan fingerprint density at radius 2 is 1.77 bits per heavy atom. The zero-order chi connectivity index (χ0) is 17.8. The molecule has 0 saturated heterocycles. The van der Waals surface area contributed by atoms with Gasteiger partial charge in [-0.1, -0.05) is 25.7 Å². The molecule has 2 atom stereocenters. The van der Waals surface area contributed by atoms with Crippen LogP contribution in [0.2, 0.25) is 0 Å². The second kappa shape index (κ2) is 6.03. The first-order chi connectivity index (χ1) is 12.6. The monoisotopic (exact) mass is 357 g/mol. The molecule has 1 aromatic heterocycles. The number of aryl methyl sites for hydroxylation is 1. The summed E-state index contributed by atoms with van der Waals surface area (Å²) in [5.74, 6) is 2.35. The van der Waals surface area contributed by atoms with Crippen molar-refractivity contribution in [2.24, 2.45) is 17.3 Å². The van der Waals surface area contributed by atoms with Crippen molar-refractivity contribution < 1.29 is 4.79 Å². The van der Waals surface area contributed by atoms with Crippen molar-refractivity contribution in [3.63, 3.8) is 0 Å². The van der Waals surface area contributed by atoms with Gasteiger partial charge in [0.1, 0.15) is 0 Å². The summed E-state index contributed by atoms with van der Waals surface area (Å²) in [7, 11) is 0. The van der Waals surface area contributed by atoms with Crippen LogP contribution in [0, 0.1) is 24.2 Å².